The summed E-state index contributed by atoms with van der Waals surface area (Å²) in [5.74, 6) is -1.59. The second-order valence-corrected chi connectivity index (χ2v) is 3.84. The maximum absolute atomic E-state index is 11.8. The molecule has 0 aliphatic heterocycles. The van der Waals surface area contributed by atoms with E-state index in [0.717, 1.165) is 0 Å². The normalized spacial score (nSPS) is 11.7. The molecule has 8 heteroatoms. The second-order valence-electron chi connectivity index (χ2n) is 3.84. The van der Waals surface area contributed by atoms with Gasteiger partial charge in [0.15, 0.2) is 0 Å². The molecule has 0 aromatic heterocycles. The standard InChI is InChI=1S/C11H13N3O5/c1-6-7(3-2-4-8(6)14(18)19)11(17)13-5-9(15)10(12)16/h2-4,9,15H,5H2,1H3,(H2,12,16)(H,13,17). The molecule has 1 rings (SSSR count). The molecule has 0 aliphatic carbocycles. The molecule has 8 nitrogen and oxygen atoms in total. The van der Waals surface area contributed by atoms with Crippen LogP contribution in [0, 0.1) is 17.0 Å². The van der Waals surface area contributed by atoms with Crippen LogP contribution >= 0.6 is 0 Å². The Kier molecular flexibility index (Phi) is 4.54. The van der Waals surface area contributed by atoms with Crippen LogP contribution in [-0.2, 0) is 4.79 Å². The van der Waals surface area contributed by atoms with E-state index in [9.17, 15) is 19.7 Å². The third-order valence-corrected chi connectivity index (χ3v) is 2.53. The lowest BCUT2D eigenvalue weighted by Gasteiger charge is -2.10. The van der Waals surface area contributed by atoms with Crippen molar-refractivity contribution in [3.8, 4) is 0 Å². The first-order chi connectivity index (χ1) is 8.84. The van der Waals surface area contributed by atoms with E-state index in [1.807, 2.05) is 0 Å². The molecule has 1 aromatic carbocycles. The molecule has 1 aromatic rings. The molecule has 102 valence electrons. The number of nitro groups is 1. The summed E-state index contributed by atoms with van der Waals surface area (Å²) < 4.78 is 0. The van der Waals surface area contributed by atoms with Gasteiger partial charge in [0, 0.05) is 17.2 Å². The van der Waals surface area contributed by atoms with Crippen molar-refractivity contribution in [2.75, 3.05) is 6.54 Å². The molecule has 19 heavy (non-hydrogen) atoms. The Hall–Kier alpha value is -2.48. The lowest BCUT2D eigenvalue weighted by atomic mass is 10.1. The number of nitro benzene ring substituents is 1. The van der Waals surface area contributed by atoms with Crippen LogP contribution in [0.1, 0.15) is 15.9 Å². The summed E-state index contributed by atoms with van der Waals surface area (Å²) in [5, 5.41) is 22.1. The number of carbonyl (C=O) groups is 2. The number of primary amides is 1. The Balaban J connectivity index is 2.86. The summed E-state index contributed by atoms with van der Waals surface area (Å²) in [4.78, 5) is 32.5. The van der Waals surface area contributed by atoms with Crippen LogP contribution in [0.2, 0.25) is 0 Å². The van der Waals surface area contributed by atoms with Gasteiger partial charge in [0.1, 0.15) is 6.10 Å². The quantitative estimate of drug-likeness (QED) is 0.487. The van der Waals surface area contributed by atoms with E-state index in [2.05, 4.69) is 5.32 Å². The molecule has 0 aliphatic rings. The van der Waals surface area contributed by atoms with Crippen LogP contribution in [0.25, 0.3) is 0 Å². The zero-order valence-corrected chi connectivity index (χ0v) is 10.1. The van der Waals surface area contributed by atoms with Crippen LogP contribution in [-0.4, -0.2) is 34.5 Å². The van der Waals surface area contributed by atoms with Crippen molar-refractivity contribution in [1.29, 1.82) is 0 Å². The van der Waals surface area contributed by atoms with Gasteiger partial charge in [-0.1, -0.05) is 6.07 Å². The fourth-order valence-electron chi connectivity index (χ4n) is 1.45. The van der Waals surface area contributed by atoms with Gasteiger partial charge in [-0.2, -0.15) is 0 Å². The summed E-state index contributed by atoms with van der Waals surface area (Å²) in [7, 11) is 0. The van der Waals surface area contributed by atoms with Crippen LogP contribution in [0.4, 0.5) is 5.69 Å². The van der Waals surface area contributed by atoms with E-state index in [-0.39, 0.29) is 23.4 Å². The number of hydrogen-bond donors (Lipinski definition) is 3. The van der Waals surface area contributed by atoms with E-state index in [0.29, 0.717) is 0 Å². The summed E-state index contributed by atoms with van der Waals surface area (Å²) in [6, 6.07) is 4.07. The molecule has 0 bridgehead atoms. The largest absolute Gasteiger partial charge is 0.381 e. The van der Waals surface area contributed by atoms with Crippen LogP contribution in [0.15, 0.2) is 18.2 Å². The molecule has 0 saturated heterocycles. The van der Waals surface area contributed by atoms with Gasteiger partial charge in [-0.15, -0.1) is 0 Å². The molecule has 0 fully saturated rings. The molecule has 1 atom stereocenters. The third-order valence-electron chi connectivity index (χ3n) is 2.53. The predicted molar refractivity (Wildman–Crippen MR) is 65.4 cm³/mol. The highest BCUT2D eigenvalue weighted by molar-refractivity contribution is 5.96. The molecular weight excluding hydrogens is 254 g/mol. The lowest BCUT2D eigenvalue weighted by molar-refractivity contribution is -0.385. The van der Waals surface area contributed by atoms with Gasteiger partial charge in [-0.05, 0) is 13.0 Å². The summed E-state index contributed by atoms with van der Waals surface area (Å²) in [5.41, 5.74) is 4.96. The first-order valence-electron chi connectivity index (χ1n) is 5.34. The van der Waals surface area contributed by atoms with Gasteiger partial charge in [0.05, 0.1) is 11.5 Å². The van der Waals surface area contributed by atoms with Crippen molar-refractivity contribution in [3.05, 3.63) is 39.4 Å². The van der Waals surface area contributed by atoms with Crippen molar-refractivity contribution in [2.24, 2.45) is 5.73 Å². The highest BCUT2D eigenvalue weighted by Crippen LogP contribution is 2.20. The predicted octanol–water partition coefficient (Wildman–Crippen LogP) is -0.521. The van der Waals surface area contributed by atoms with E-state index in [4.69, 9.17) is 10.8 Å². The van der Waals surface area contributed by atoms with Gasteiger partial charge in [-0.25, -0.2) is 0 Å². The van der Waals surface area contributed by atoms with E-state index in [1.165, 1.54) is 25.1 Å². The Morgan fingerprint density at radius 1 is 1.53 bits per heavy atom. The third kappa shape index (κ3) is 3.49. The molecule has 4 N–H and O–H groups in total. The van der Waals surface area contributed by atoms with Crippen molar-refractivity contribution < 1.29 is 19.6 Å². The SMILES string of the molecule is Cc1c(C(=O)NCC(O)C(N)=O)cccc1[N+](=O)[O-]. The Bertz CT molecular complexity index is 529. The number of carbonyl (C=O) groups excluding carboxylic acids is 2. The second kappa shape index (κ2) is 5.91. The number of nitrogens with one attached hydrogen (secondary N) is 1. The number of benzene rings is 1. The minimum Gasteiger partial charge on any atom is -0.381 e. The maximum Gasteiger partial charge on any atom is 0.273 e. The monoisotopic (exact) mass is 267 g/mol. The first kappa shape index (κ1) is 14.6. The number of aliphatic hydroxyl groups excluding tert-OH is 1. The maximum atomic E-state index is 11.8. The number of rotatable bonds is 5. The molecule has 0 radical (unpaired) electrons. The number of hydrogen-bond acceptors (Lipinski definition) is 5. The molecule has 0 saturated carbocycles. The van der Waals surface area contributed by atoms with Crippen molar-refractivity contribution in [1.82, 2.24) is 5.32 Å². The van der Waals surface area contributed by atoms with Gasteiger partial charge in [0.25, 0.3) is 11.6 Å². The zero-order valence-electron chi connectivity index (χ0n) is 10.1. The molecule has 0 spiro atoms. The van der Waals surface area contributed by atoms with E-state index < -0.39 is 22.8 Å². The average Bonchev–Trinajstić information content (AvgIpc) is 2.35. The Labute approximate surface area is 108 Å². The fraction of sp³-hybridized carbons (Fsp3) is 0.273. The number of amides is 2. The Morgan fingerprint density at radius 3 is 2.68 bits per heavy atom. The van der Waals surface area contributed by atoms with Crippen molar-refractivity contribution in [2.45, 2.75) is 13.0 Å². The van der Waals surface area contributed by atoms with Crippen molar-refractivity contribution in [3.63, 3.8) is 0 Å². The fourth-order valence-corrected chi connectivity index (χ4v) is 1.45. The number of aliphatic hydroxyl groups is 1. The molecule has 2 amide bonds. The lowest BCUT2D eigenvalue weighted by Crippen LogP contribution is -2.40. The Morgan fingerprint density at radius 2 is 2.16 bits per heavy atom. The van der Waals surface area contributed by atoms with E-state index >= 15 is 0 Å². The molecule has 1 unspecified atom stereocenters. The number of nitrogens with two attached hydrogens (primary N) is 1. The van der Waals surface area contributed by atoms with Gasteiger partial charge >= 0.3 is 0 Å². The minimum absolute atomic E-state index is 0.103. The average molecular weight is 267 g/mol. The van der Waals surface area contributed by atoms with Crippen molar-refractivity contribution >= 4 is 17.5 Å². The zero-order chi connectivity index (χ0) is 14.6. The highest BCUT2D eigenvalue weighted by Gasteiger charge is 2.19. The first-order valence-corrected chi connectivity index (χ1v) is 5.34. The minimum atomic E-state index is -1.50. The molecular formula is C11H13N3O5. The summed E-state index contributed by atoms with van der Waals surface area (Å²) >= 11 is 0. The summed E-state index contributed by atoms with van der Waals surface area (Å²) in [6.45, 7) is 1.09. The topological polar surface area (TPSA) is 136 Å². The number of nitrogens with zero attached hydrogens (tertiary/aromatic N) is 1. The van der Waals surface area contributed by atoms with Crippen LogP contribution in [0.3, 0.4) is 0 Å². The van der Waals surface area contributed by atoms with Gasteiger partial charge in [0.2, 0.25) is 5.91 Å². The van der Waals surface area contributed by atoms with Gasteiger partial charge in [-0.3, -0.25) is 19.7 Å². The van der Waals surface area contributed by atoms with Crippen LogP contribution < -0.4 is 11.1 Å². The summed E-state index contributed by atoms with van der Waals surface area (Å²) in [6.07, 6.45) is -1.50. The molecule has 0 heterocycles. The van der Waals surface area contributed by atoms with Crippen LogP contribution in [0.5, 0.6) is 0 Å². The van der Waals surface area contributed by atoms with Gasteiger partial charge < -0.3 is 16.2 Å². The highest BCUT2D eigenvalue weighted by atomic mass is 16.6. The smallest absolute Gasteiger partial charge is 0.273 e. The van der Waals surface area contributed by atoms with E-state index in [1.54, 1.807) is 0 Å².